The van der Waals surface area contributed by atoms with Gasteiger partial charge in [-0.1, -0.05) is 0 Å². The number of imide groups is 1. The van der Waals surface area contributed by atoms with E-state index in [9.17, 15) is 39.6 Å². The first-order chi connectivity index (χ1) is 17.3. The molecule has 1 aromatic carbocycles. The van der Waals surface area contributed by atoms with E-state index in [1.165, 1.54) is 22.8 Å². The molecule has 1 aromatic heterocycles. The molecule has 3 heterocycles. The van der Waals surface area contributed by atoms with Crippen molar-refractivity contribution in [3.8, 4) is 0 Å². The zero-order valence-corrected chi connectivity index (χ0v) is 20.5. The number of urea groups is 1. The van der Waals surface area contributed by atoms with E-state index in [1.807, 2.05) is 0 Å². The normalized spacial score (nSPS) is 17.9. The molecule has 2 aliphatic rings. The van der Waals surface area contributed by atoms with Gasteiger partial charge in [0, 0.05) is 19.3 Å². The number of carbonyl (C=O) groups is 2. The summed E-state index contributed by atoms with van der Waals surface area (Å²) in [6, 6.07) is 3.80. The Morgan fingerprint density at radius 3 is 2.27 bits per heavy atom. The van der Waals surface area contributed by atoms with Crippen LogP contribution in [-0.4, -0.2) is 81.3 Å². The molecule has 1 N–H and O–H groups in total. The van der Waals surface area contributed by atoms with Crippen molar-refractivity contribution in [2.45, 2.75) is 16.9 Å². The third kappa shape index (κ3) is 5.39. The van der Waals surface area contributed by atoms with E-state index >= 15 is 0 Å². The van der Waals surface area contributed by atoms with Gasteiger partial charge in [-0.25, -0.2) is 18.1 Å². The number of hydrogen-bond donors (Lipinski definition) is 1. The van der Waals surface area contributed by atoms with E-state index in [2.05, 4.69) is 9.71 Å². The molecule has 0 saturated carbocycles. The van der Waals surface area contributed by atoms with Crippen molar-refractivity contribution in [2.75, 3.05) is 42.5 Å². The van der Waals surface area contributed by atoms with Crippen LogP contribution in [0.2, 0.25) is 0 Å². The fraction of sp³-hybridized carbons (Fsp3) is 0.350. The van der Waals surface area contributed by atoms with Gasteiger partial charge in [-0.3, -0.25) is 14.5 Å². The number of alkyl halides is 3. The summed E-state index contributed by atoms with van der Waals surface area (Å²) in [6.45, 7) is 0.197. The smallest absolute Gasteiger partial charge is 0.379 e. The number of amides is 3. The lowest BCUT2D eigenvalue weighted by Gasteiger charge is -2.27. The summed E-state index contributed by atoms with van der Waals surface area (Å²) in [7, 11) is -9.54. The summed E-state index contributed by atoms with van der Waals surface area (Å²) < 4.78 is 95.7. The molecule has 2 saturated heterocycles. The van der Waals surface area contributed by atoms with Crippen LogP contribution in [0.15, 0.2) is 47.6 Å². The Bertz CT molecular complexity index is 1410. The minimum absolute atomic E-state index is 0.0920. The topological polar surface area (TPSA) is 146 Å². The van der Waals surface area contributed by atoms with Gasteiger partial charge in [-0.15, -0.1) is 0 Å². The van der Waals surface area contributed by atoms with Crippen molar-refractivity contribution in [3.63, 3.8) is 0 Å². The number of pyridine rings is 1. The van der Waals surface area contributed by atoms with Crippen molar-refractivity contribution in [2.24, 2.45) is 0 Å². The van der Waals surface area contributed by atoms with Crippen LogP contribution in [0.1, 0.15) is 5.56 Å². The molecule has 200 valence electrons. The molecule has 0 bridgehead atoms. The Morgan fingerprint density at radius 1 is 1.00 bits per heavy atom. The lowest BCUT2D eigenvalue weighted by atomic mass is 10.2. The van der Waals surface area contributed by atoms with Crippen LogP contribution in [0.3, 0.4) is 0 Å². The standard InChI is InChI=1S/C20H20F3N5O7S2/c21-20(22,23)36(31,32)16-3-1-15(2-4-16)28-18(29)13-26(19(28)30)12-14-5-6-24-11-17(14)25-37(33,34)27-7-9-35-10-8-27/h1-6,11,25H,7-10,12-13H2. The van der Waals surface area contributed by atoms with Crippen LogP contribution in [0.4, 0.5) is 29.3 Å². The van der Waals surface area contributed by atoms with Gasteiger partial charge >= 0.3 is 21.7 Å². The monoisotopic (exact) mass is 563 g/mol. The van der Waals surface area contributed by atoms with Crippen molar-refractivity contribution < 1.29 is 44.3 Å². The average molecular weight is 564 g/mol. The number of ether oxygens (including phenoxy) is 1. The van der Waals surface area contributed by atoms with Gasteiger partial charge in [0.1, 0.15) is 6.54 Å². The van der Waals surface area contributed by atoms with E-state index in [-0.39, 0.29) is 44.2 Å². The van der Waals surface area contributed by atoms with E-state index in [4.69, 9.17) is 4.74 Å². The lowest BCUT2D eigenvalue weighted by molar-refractivity contribution is -0.116. The van der Waals surface area contributed by atoms with Crippen molar-refractivity contribution in [3.05, 3.63) is 48.3 Å². The number of morpholine rings is 1. The number of nitrogens with one attached hydrogen (secondary N) is 1. The minimum atomic E-state index is -5.59. The molecular formula is C20H20F3N5O7S2. The molecule has 12 nitrogen and oxygen atoms in total. The van der Waals surface area contributed by atoms with Crippen LogP contribution in [-0.2, 0) is 36.1 Å². The number of aromatic nitrogens is 1. The average Bonchev–Trinajstić information content (AvgIpc) is 3.12. The van der Waals surface area contributed by atoms with Crippen LogP contribution >= 0.6 is 0 Å². The van der Waals surface area contributed by atoms with Crippen LogP contribution in [0.5, 0.6) is 0 Å². The summed E-state index contributed by atoms with van der Waals surface area (Å²) in [5.74, 6) is -0.707. The number of sulfone groups is 1. The maximum absolute atomic E-state index is 13.0. The Kier molecular flexibility index (Phi) is 7.15. The highest BCUT2D eigenvalue weighted by Gasteiger charge is 2.47. The second-order valence-electron chi connectivity index (χ2n) is 7.96. The molecule has 17 heteroatoms. The number of benzene rings is 1. The summed E-state index contributed by atoms with van der Waals surface area (Å²) in [5.41, 5.74) is -5.20. The third-order valence-electron chi connectivity index (χ3n) is 5.57. The summed E-state index contributed by atoms with van der Waals surface area (Å²) >= 11 is 0. The van der Waals surface area contributed by atoms with Crippen molar-refractivity contribution in [1.29, 1.82) is 0 Å². The molecule has 4 rings (SSSR count). The highest BCUT2D eigenvalue weighted by atomic mass is 32.2. The van der Waals surface area contributed by atoms with Gasteiger partial charge in [0.15, 0.2) is 0 Å². The number of nitrogens with zero attached hydrogens (tertiary/aromatic N) is 4. The number of carbonyl (C=O) groups excluding carboxylic acids is 2. The van der Waals surface area contributed by atoms with Gasteiger partial charge < -0.3 is 9.64 Å². The Balaban J connectivity index is 1.51. The van der Waals surface area contributed by atoms with E-state index in [1.54, 1.807) is 0 Å². The Morgan fingerprint density at radius 2 is 1.65 bits per heavy atom. The molecule has 0 atom stereocenters. The second kappa shape index (κ2) is 9.88. The predicted molar refractivity (Wildman–Crippen MR) is 122 cm³/mol. The first-order valence-electron chi connectivity index (χ1n) is 10.6. The molecule has 2 fully saturated rings. The first kappa shape index (κ1) is 26.8. The number of halogens is 3. The molecular weight excluding hydrogens is 543 g/mol. The van der Waals surface area contributed by atoms with Gasteiger partial charge in [-0.05, 0) is 35.9 Å². The predicted octanol–water partition coefficient (Wildman–Crippen LogP) is 1.33. The highest BCUT2D eigenvalue weighted by Crippen LogP contribution is 2.32. The zero-order chi connectivity index (χ0) is 27.0. The fourth-order valence-electron chi connectivity index (χ4n) is 3.68. The first-order valence-corrected chi connectivity index (χ1v) is 13.6. The summed E-state index contributed by atoms with van der Waals surface area (Å²) in [4.78, 5) is 30.2. The van der Waals surface area contributed by atoms with Crippen molar-refractivity contribution >= 4 is 43.4 Å². The van der Waals surface area contributed by atoms with Crippen LogP contribution in [0, 0.1) is 0 Å². The molecule has 3 amide bonds. The number of hydrogen-bond acceptors (Lipinski definition) is 8. The second-order valence-corrected chi connectivity index (χ2v) is 11.6. The molecule has 2 aromatic rings. The Hall–Kier alpha value is -3.28. The SMILES string of the molecule is O=C1CN(Cc2ccncc2NS(=O)(=O)N2CCOCC2)C(=O)N1c1ccc(S(=O)(=O)C(F)(F)F)cc1. The van der Waals surface area contributed by atoms with E-state index in [0.717, 1.165) is 17.0 Å². The summed E-state index contributed by atoms with van der Waals surface area (Å²) in [6.07, 6.45) is 2.63. The van der Waals surface area contributed by atoms with E-state index < -0.39 is 48.9 Å². The van der Waals surface area contributed by atoms with Gasteiger partial charge in [-0.2, -0.15) is 25.9 Å². The van der Waals surface area contributed by atoms with Crippen LogP contribution in [0.25, 0.3) is 0 Å². The zero-order valence-electron chi connectivity index (χ0n) is 18.9. The lowest BCUT2D eigenvalue weighted by Crippen LogP contribution is -2.43. The minimum Gasteiger partial charge on any atom is -0.379 e. The molecule has 0 spiro atoms. The van der Waals surface area contributed by atoms with Gasteiger partial charge in [0.2, 0.25) is 0 Å². The molecule has 0 radical (unpaired) electrons. The molecule has 2 aliphatic heterocycles. The molecule has 0 unspecified atom stereocenters. The van der Waals surface area contributed by atoms with Gasteiger partial charge in [0.05, 0.1) is 42.2 Å². The Labute approximate surface area is 209 Å². The molecule has 37 heavy (non-hydrogen) atoms. The maximum atomic E-state index is 13.0. The number of anilines is 2. The summed E-state index contributed by atoms with van der Waals surface area (Å²) in [5, 5.41) is 0. The van der Waals surface area contributed by atoms with Crippen molar-refractivity contribution in [1.82, 2.24) is 14.2 Å². The van der Waals surface area contributed by atoms with Crippen LogP contribution < -0.4 is 9.62 Å². The largest absolute Gasteiger partial charge is 0.501 e. The fourth-order valence-corrected chi connectivity index (χ4v) is 5.67. The van der Waals surface area contributed by atoms with Gasteiger partial charge in [0.25, 0.3) is 15.7 Å². The maximum Gasteiger partial charge on any atom is 0.501 e. The molecule has 0 aliphatic carbocycles. The quantitative estimate of drug-likeness (QED) is 0.497. The highest BCUT2D eigenvalue weighted by molar-refractivity contribution is 7.92. The third-order valence-corrected chi connectivity index (χ3v) is 8.59. The van der Waals surface area contributed by atoms with E-state index in [0.29, 0.717) is 22.6 Å². The number of rotatable bonds is 7.